The summed E-state index contributed by atoms with van der Waals surface area (Å²) in [4.78, 5) is 0. The lowest BCUT2D eigenvalue weighted by Crippen LogP contribution is -2.50. The molecule has 0 amide bonds. The Labute approximate surface area is 114 Å². The highest BCUT2D eigenvalue weighted by atomic mass is 16.5. The molecule has 1 aromatic carbocycles. The zero-order valence-corrected chi connectivity index (χ0v) is 11.7. The molecule has 19 heavy (non-hydrogen) atoms. The first-order valence-electron chi connectivity index (χ1n) is 6.79. The molecular weight excluding hydrogens is 242 g/mol. The molecule has 0 saturated carbocycles. The zero-order valence-electron chi connectivity index (χ0n) is 11.7. The molecule has 0 unspecified atom stereocenters. The fourth-order valence-corrected chi connectivity index (χ4v) is 1.92. The van der Waals surface area contributed by atoms with Gasteiger partial charge in [0, 0.05) is 6.54 Å². The van der Waals surface area contributed by atoms with E-state index in [2.05, 4.69) is 19.2 Å². The summed E-state index contributed by atoms with van der Waals surface area (Å²) in [6, 6.07) is 7.91. The van der Waals surface area contributed by atoms with Crippen molar-refractivity contribution in [1.82, 2.24) is 0 Å². The van der Waals surface area contributed by atoms with Gasteiger partial charge in [0.25, 0.3) is 0 Å². The number of anilines is 1. The van der Waals surface area contributed by atoms with Crippen LogP contribution in [0.5, 0.6) is 5.75 Å². The number of ether oxygens (including phenoxy) is 2. The fourth-order valence-electron chi connectivity index (χ4n) is 1.92. The van der Waals surface area contributed by atoms with E-state index in [0.717, 1.165) is 11.4 Å². The summed E-state index contributed by atoms with van der Waals surface area (Å²) in [5.41, 5.74) is 0.841. The summed E-state index contributed by atoms with van der Waals surface area (Å²) in [5, 5.41) is 12.8. The number of benzene rings is 1. The Balaban J connectivity index is 1.95. The molecule has 0 bridgehead atoms. The van der Waals surface area contributed by atoms with E-state index in [9.17, 15) is 5.11 Å². The Morgan fingerprint density at radius 3 is 2.68 bits per heavy atom. The minimum absolute atomic E-state index is 0.134. The van der Waals surface area contributed by atoms with Gasteiger partial charge in [-0.25, -0.2) is 0 Å². The first kappa shape index (κ1) is 14.2. The van der Waals surface area contributed by atoms with E-state index in [-0.39, 0.29) is 12.0 Å². The van der Waals surface area contributed by atoms with E-state index < -0.39 is 0 Å². The monoisotopic (exact) mass is 265 g/mol. The van der Waals surface area contributed by atoms with Gasteiger partial charge in [0.2, 0.25) is 0 Å². The van der Waals surface area contributed by atoms with Crippen LogP contribution in [0, 0.1) is 11.3 Å². The summed E-state index contributed by atoms with van der Waals surface area (Å²) >= 11 is 0. The summed E-state index contributed by atoms with van der Waals surface area (Å²) in [5.74, 6) is 1.36. The predicted molar refractivity (Wildman–Crippen MR) is 75.6 cm³/mol. The van der Waals surface area contributed by atoms with Crippen LogP contribution in [-0.4, -0.2) is 38.1 Å². The lowest BCUT2D eigenvalue weighted by molar-refractivity contribution is -0.128. The van der Waals surface area contributed by atoms with Crippen LogP contribution in [0.4, 0.5) is 5.69 Å². The molecule has 1 heterocycles. The third-order valence-corrected chi connectivity index (χ3v) is 3.26. The summed E-state index contributed by atoms with van der Waals surface area (Å²) in [6.45, 7) is 7.04. The van der Waals surface area contributed by atoms with Crippen LogP contribution in [0.2, 0.25) is 0 Å². The molecule has 1 saturated heterocycles. The van der Waals surface area contributed by atoms with Gasteiger partial charge in [0.05, 0.1) is 37.5 Å². The van der Waals surface area contributed by atoms with Crippen molar-refractivity contribution >= 4 is 5.69 Å². The molecule has 0 aromatic heterocycles. The number of hydrogen-bond donors (Lipinski definition) is 2. The van der Waals surface area contributed by atoms with Crippen molar-refractivity contribution in [1.29, 1.82) is 0 Å². The van der Waals surface area contributed by atoms with Gasteiger partial charge in [-0.1, -0.05) is 26.0 Å². The van der Waals surface area contributed by atoms with Gasteiger partial charge in [0.1, 0.15) is 5.75 Å². The smallest absolute Gasteiger partial charge is 0.142 e. The molecule has 1 aliphatic rings. The average molecular weight is 265 g/mol. The fraction of sp³-hybridized carbons (Fsp3) is 0.600. The maximum absolute atomic E-state index is 9.41. The Hall–Kier alpha value is -1.26. The standard InChI is InChI=1S/C15H23NO3/c1-12(2)7-19-14-6-4-3-5-13(14)16-8-15(9-17)10-18-11-15/h3-6,12,16-17H,7-11H2,1-2H3. The molecule has 0 aliphatic carbocycles. The Morgan fingerprint density at radius 2 is 2.11 bits per heavy atom. The third-order valence-electron chi connectivity index (χ3n) is 3.26. The van der Waals surface area contributed by atoms with Gasteiger partial charge in [0.15, 0.2) is 0 Å². The molecule has 1 fully saturated rings. The average Bonchev–Trinajstić information content (AvgIpc) is 2.36. The molecule has 0 spiro atoms. The predicted octanol–water partition coefficient (Wildman–Crippen LogP) is 2.14. The van der Waals surface area contributed by atoms with Gasteiger partial charge in [-0.15, -0.1) is 0 Å². The molecular formula is C15H23NO3. The summed E-state index contributed by atoms with van der Waals surface area (Å²) < 4.78 is 11.0. The molecule has 0 atom stereocenters. The molecule has 1 aliphatic heterocycles. The number of aliphatic hydroxyl groups excluding tert-OH is 1. The van der Waals surface area contributed by atoms with Gasteiger partial charge in [-0.3, -0.25) is 0 Å². The van der Waals surface area contributed by atoms with E-state index >= 15 is 0 Å². The van der Waals surface area contributed by atoms with Crippen LogP contribution in [-0.2, 0) is 4.74 Å². The van der Waals surface area contributed by atoms with E-state index in [1.165, 1.54) is 0 Å². The topological polar surface area (TPSA) is 50.7 Å². The normalized spacial score (nSPS) is 17.1. The maximum atomic E-state index is 9.41. The molecule has 2 N–H and O–H groups in total. The summed E-state index contributed by atoms with van der Waals surface area (Å²) in [6.07, 6.45) is 0. The second kappa shape index (κ2) is 6.26. The first-order valence-corrected chi connectivity index (χ1v) is 6.79. The van der Waals surface area contributed by atoms with Crippen LogP contribution >= 0.6 is 0 Å². The van der Waals surface area contributed by atoms with Crippen molar-refractivity contribution in [2.75, 3.05) is 38.3 Å². The Morgan fingerprint density at radius 1 is 1.37 bits per heavy atom. The van der Waals surface area contributed by atoms with Crippen LogP contribution in [0.25, 0.3) is 0 Å². The van der Waals surface area contributed by atoms with Crippen LogP contribution in [0.3, 0.4) is 0 Å². The van der Waals surface area contributed by atoms with Crippen molar-refractivity contribution in [3.8, 4) is 5.75 Å². The van der Waals surface area contributed by atoms with Crippen molar-refractivity contribution in [3.63, 3.8) is 0 Å². The molecule has 2 rings (SSSR count). The van der Waals surface area contributed by atoms with Crippen molar-refractivity contribution < 1.29 is 14.6 Å². The summed E-state index contributed by atoms with van der Waals surface area (Å²) in [7, 11) is 0. The highest BCUT2D eigenvalue weighted by Crippen LogP contribution is 2.30. The van der Waals surface area contributed by atoms with Gasteiger partial charge < -0.3 is 19.9 Å². The highest BCUT2D eigenvalue weighted by molar-refractivity contribution is 5.56. The second-order valence-corrected chi connectivity index (χ2v) is 5.71. The molecule has 4 nitrogen and oxygen atoms in total. The zero-order chi connectivity index (χ0) is 13.7. The van der Waals surface area contributed by atoms with Crippen molar-refractivity contribution in [2.45, 2.75) is 13.8 Å². The van der Waals surface area contributed by atoms with E-state index in [1.807, 2.05) is 24.3 Å². The number of nitrogens with one attached hydrogen (secondary N) is 1. The lowest BCUT2D eigenvalue weighted by atomic mass is 9.87. The van der Waals surface area contributed by atoms with E-state index in [0.29, 0.717) is 32.3 Å². The number of para-hydroxylation sites is 2. The molecule has 4 heteroatoms. The van der Waals surface area contributed by atoms with E-state index in [4.69, 9.17) is 9.47 Å². The largest absolute Gasteiger partial charge is 0.491 e. The highest BCUT2D eigenvalue weighted by Gasteiger charge is 2.37. The lowest BCUT2D eigenvalue weighted by Gasteiger charge is -2.40. The number of hydrogen-bond acceptors (Lipinski definition) is 4. The molecule has 0 radical (unpaired) electrons. The first-order chi connectivity index (χ1) is 9.15. The number of aliphatic hydroxyl groups is 1. The Kier molecular flexibility index (Phi) is 4.66. The quantitative estimate of drug-likeness (QED) is 0.793. The van der Waals surface area contributed by atoms with Crippen LogP contribution in [0.1, 0.15) is 13.8 Å². The van der Waals surface area contributed by atoms with Crippen molar-refractivity contribution in [3.05, 3.63) is 24.3 Å². The maximum Gasteiger partial charge on any atom is 0.142 e. The van der Waals surface area contributed by atoms with Crippen molar-refractivity contribution in [2.24, 2.45) is 11.3 Å². The van der Waals surface area contributed by atoms with Crippen LogP contribution < -0.4 is 10.1 Å². The SMILES string of the molecule is CC(C)COc1ccccc1NCC1(CO)COC1. The minimum atomic E-state index is -0.134. The molecule has 1 aromatic rings. The second-order valence-electron chi connectivity index (χ2n) is 5.71. The van der Waals surface area contributed by atoms with Gasteiger partial charge in [-0.2, -0.15) is 0 Å². The van der Waals surface area contributed by atoms with E-state index in [1.54, 1.807) is 0 Å². The number of rotatable bonds is 7. The van der Waals surface area contributed by atoms with Crippen LogP contribution in [0.15, 0.2) is 24.3 Å². The third kappa shape index (κ3) is 3.61. The van der Waals surface area contributed by atoms with Gasteiger partial charge in [-0.05, 0) is 18.1 Å². The Bertz CT molecular complexity index is 397. The molecule has 106 valence electrons. The van der Waals surface area contributed by atoms with Gasteiger partial charge >= 0.3 is 0 Å². The minimum Gasteiger partial charge on any atom is -0.491 e.